The van der Waals surface area contributed by atoms with Crippen molar-refractivity contribution in [3.05, 3.63) is 80.4 Å². The second-order valence-electron chi connectivity index (χ2n) is 10.8. The molecular formula is C33H38N2O7S. The van der Waals surface area contributed by atoms with Crippen LogP contribution in [0.1, 0.15) is 59.8 Å². The largest absolute Gasteiger partial charge is 0.480 e. The van der Waals surface area contributed by atoms with Gasteiger partial charge in [-0.05, 0) is 63.3 Å². The lowest BCUT2D eigenvalue weighted by molar-refractivity contribution is -0.141. The quantitative estimate of drug-likeness (QED) is 0.170. The average Bonchev–Trinajstić information content (AvgIpc) is 3.26. The minimum atomic E-state index is -1.14. The van der Waals surface area contributed by atoms with E-state index in [0.717, 1.165) is 38.8 Å². The first-order chi connectivity index (χ1) is 20.5. The van der Waals surface area contributed by atoms with Gasteiger partial charge in [-0.15, -0.1) is 0 Å². The van der Waals surface area contributed by atoms with Crippen LogP contribution >= 0.6 is 11.8 Å². The molecular weight excluding hydrogens is 568 g/mol. The van der Waals surface area contributed by atoms with Crippen molar-refractivity contribution >= 4 is 51.5 Å². The third kappa shape index (κ3) is 7.30. The van der Waals surface area contributed by atoms with E-state index in [2.05, 4.69) is 10.6 Å². The maximum Gasteiger partial charge on any atom is 0.339 e. The first kappa shape index (κ1) is 31.9. The number of furan rings is 1. The predicted molar refractivity (Wildman–Crippen MR) is 169 cm³/mol. The van der Waals surface area contributed by atoms with E-state index in [1.165, 1.54) is 11.8 Å². The fourth-order valence-electron chi connectivity index (χ4n) is 5.16. The van der Waals surface area contributed by atoms with Gasteiger partial charge in [0, 0.05) is 39.8 Å². The Hall–Kier alpha value is -4.05. The number of amides is 2. The summed E-state index contributed by atoms with van der Waals surface area (Å²) in [6, 6.07) is 9.63. The van der Waals surface area contributed by atoms with Gasteiger partial charge in [0.05, 0.1) is 0 Å². The molecule has 4 aromatic rings. The summed E-state index contributed by atoms with van der Waals surface area (Å²) in [7, 11) is 0. The molecule has 0 aliphatic heterocycles. The van der Waals surface area contributed by atoms with Gasteiger partial charge in [-0.25, -0.2) is 9.59 Å². The van der Waals surface area contributed by atoms with Crippen LogP contribution in [-0.4, -0.2) is 40.7 Å². The van der Waals surface area contributed by atoms with E-state index in [1.807, 2.05) is 71.0 Å². The molecule has 2 aromatic heterocycles. The number of carbonyl (C=O) groups is 3. The summed E-state index contributed by atoms with van der Waals surface area (Å²) in [4.78, 5) is 50.8. The van der Waals surface area contributed by atoms with Crippen LogP contribution in [0, 0.1) is 27.7 Å². The van der Waals surface area contributed by atoms with E-state index in [9.17, 15) is 24.3 Å². The maximum atomic E-state index is 13.0. The molecule has 0 aliphatic rings. The number of benzene rings is 2. The van der Waals surface area contributed by atoms with Gasteiger partial charge in [-0.3, -0.25) is 9.59 Å². The van der Waals surface area contributed by atoms with Crippen LogP contribution in [-0.2, 0) is 26.6 Å². The van der Waals surface area contributed by atoms with Crippen molar-refractivity contribution in [2.75, 3.05) is 5.75 Å². The fourth-order valence-corrected chi connectivity index (χ4v) is 6.17. The van der Waals surface area contributed by atoms with Gasteiger partial charge >= 0.3 is 11.6 Å². The molecule has 0 radical (unpaired) electrons. The minimum Gasteiger partial charge on any atom is -0.480 e. The van der Waals surface area contributed by atoms with Crippen LogP contribution in [0.5, 0.6) is 0 Å². The Morgan fingerprint density at radius 1 is 0.907 bits per heavy atom. The van der Waals surface area contributed by atoms with Crippen molar-refractivity contribution < 1.29 is 28.3 Å². The van der Waals surface area contributed by atoms with Crippen molar-refractivity contribution in [3.63, 3.8) is 0 Å². The number of carbonyl (C=O) groups excluding carboxylic acids is 2. The fraction of sp³-hybridized carbons (Fsp3) is 0.394. The van der Waals surface area contributed by atoms with Crippen LogP contribution in [0.4, 0.5) is 0 Å². The summed E-state index contributed by atoms with van der Waals surface area (Å²) < 4.78 is 11.6. The molecule has 0 bridgehead atoms. The van der Waals surface area contributed by atoms with Crippen LogP contribution < -0.4 is 16.3 Å². The molecule has 228 valence electrons. The highest BCUT2D eigenvalue weighted by Gasteiger charge is 2.26. The minimum absolute atomic E-state index is 0.0367. The summed E-state index contributed by atoms with van der Waals surface area (Å²) >= 11 is 1.41. The molecule has 0 fully saturated rings. The highest BCUT2D eigenvalue weighted by molar-refractivity contribution is 7.98. The maximum absolute atomic E-state index is 13.0. The highest BCUT2D eigenvalue weighted by Crippen LogP contribution is 2.34. The predicted octanol–water partition coefficient (Wildman–Crippen LogP) is 5.49. The molecule has 0 saturated carbocycles. The number of aliphatic carboxylic acids is 1. The molecule has 2 atom stereocenters. The van der Waals surface area contributed by atoms with Crippen molar-refractivity contribution in [2.24, 2.45) is 0 Å². The molecule has 2 unspecified atom stereocenters. The van der Waals surface area contributed by atoms with Gasteiger partial charge in [0.15, 0.2) is 0 Å². The summed E-state index contributed by atoms with van der Waals surface area (Å²) in [5, 5.41) is 16.7. The highest BCUT2D eigenvalue weighted by atomic mass is 32.2. The van der Waals surface area contributed by atoms with Crippen LogP contribution in [0.25, 0.3) is 21.9 Å². The van der Waals surface area contributed by atoms with Crippen molar-refractivity contribution in [2.45, 2.75) is 78.1 Å². The lowest BCUT2D eigenvalue weighted by atomic mass is 9.98. The zero-order valence-corrected chi connectivity index (χ0v) is 26.0. The summed E-state index contributed by atoms with van der Waals surface area (Å²) in [5.41, 5.74) is 4.61. The number of hydrogen-bond donors (Lipinski definition) is 3. The van der Waals surface area contributed by atoms with Gasteiger partial charge < -0.3 is 24.6 Å². The smallest absolute Gasteiger partial charge is 0.339 e. The van der Waals surface area contributed by atoms with Crippen molar-refractivity contribution in [1.82, 2.24) is 10.6 Å². The third-order valence-electron chi connectivity index (χ3n) is 7.79. The van der Waals surface area contributed by atoms with Gasteiger partial charge in [-0.1, -0.05) is 43.7 Å². The Balaban J connectivity index is 1.42. The standard InChI is InChI=1S/C33H38N2O7S/c1-6-10-26(31(37)35-27(32(38)39)17-43-16-22-11-8-7-9-12-22)34-28(36)14-13-23-19(3)25-15-24-18(2)21(5)41-29(24)20(4)30(25)42-33(23)40/h7-9,11-12,15,26-27H,6,10,13-14,16-17H2,1-5H3,(H,34,36)(H,35,37)(H,38,39). The van der Waals surface area contributed by atoms with E-state index in [4.69, 9.17) is 8.83 Å². The molecule has 43 heavy (non-hydrogen) atoms. The molecule has 4 rings (SSSR count). The summed E-state index contributed by atoms with van der Waals surface area (Å²) in [6.07, 6.45) is 1.04. The van der Waals surface area contributed by atoms with Gasteiger partial charge in [0.1, 0.15) is 29.0 Å². The van der Waals surface area contributed by atoms with E-state index in [0.29, 0.717) is 35.3 Å². The molecule has 2 heterocycles. The number of thioether (sulfide) groups is 1. The van der Waals surface area contributed by atoms with E-state index in [-0.39, 0.29) is 18.6 Å². The molecule has 0 saturated heterocycles. The van der Waals surface area contributed by atoms with Gasteiger partial charge in [0.25, 0.3) is 0 Å². The number of fused-ring (bicyclic) bond motifs is 2. The Kier molecular flexibility index (Phi) is 10.3. The monoisotopic (exact) mass is 606 g/mol. The SMILES string of the molecule is CCCC(NC(=O)CCc1c(C)c2cc3c(C)c(C)oc3c(C)c2oc1=O)C(=O)NC(CSCc1ccccc1)C(=O)O. The number of nitrogens with one attached hydrogen (secondary N) is 2. The molecule has 0 aliphatic carbocycles. The van der Waals surface area contributed by atoms with E-state index < -0.39 is 35.5 Å². The number of rotatable bonds is 13. The van der Waals surface area contributed by atoms with Crippen LogP contribution in [0.3, 0.4) is 0 Å². The lowest BCUT2D eigenvalue weighted by Crippen LogP contribution is -2.52. The molecule has 0 spiro atoms. The molecule has 2 amide bonds. The van der Waals surface area contributed by atoms with E-state index in [1.54, 1.807) is 0 Å². The number of aryl methyl sites for hydroxylation is 4. The first-order valence-corrected chi connectivity index (χ1v) is 15.6. The average molecular weight is 607 g/mol. The Labute approximate surface area is 254 Å². The second-order valence-corrected chi connectivity index (χ2v) is 11.9. The molecule has 3 N–H and O–H groups in total. The van der Waals surface area contributed by atoms with Crippen molar-refractivity contribution in [3.8, 4) is 0 Å². The Morgan fingerprint density at radius 3 is 2.26 bits per heavy atom. The molecule has 2 aromatic carbocycles. The van der Waals surface area contributed by atoms with Crippen molar-refractivity contribution in [1.29, 1.82) is 0 Å². The lowest BCUT2D eigenvalue weighted by Gasteiger charge is -2.21. The zero-order valence-electron chi connectivity index (χ0n) is 25.2. The summed E-state index contributed by atoms with van der Waals surface area (Å²) in [6.45, 7) is 9.46. The zero-order chi connectivity index (χ0) is 31.3. The normalized spacial score (nSPS) is 12.8. The topological polar surface area (TPSA) is 139 Å². The van der Waals surface area contributed by atoms with Gasteiger partial charge in [0.2, 0.25) is 11.8 Å². The Morgan fingerprint density at radius 2 is 1.58 bits per heavy atom. The summed E-state index contributed by atoms with van der Waals surface area (Å²) in [5.74, 6) is -0.494. The Bertz CT molecular complexity index is 1710. The van der Waals surface area contributed by atoms with E-state index >= 15 is 0 Å². The van der Waals surface area contributed by atoms with Crippen LogP contribution in [0.2, 0.25) is 0 Å². The molecule has 9 nitrogen and oxygen atoms in total. The second kappa shape index (κ2) is 13.9. The first-order valence-electron chi connectivity index (χ1n) is 14.4. The third-order valence-corrected chi connectivity index (χ3v) is 8.89. The number of carboxylic acids is 1. The number of hydrogen-bond acceptors (Lipinski definition) is 7. The molecule has 10 heteroatoms. The van der Waals surface area contributed by atoms with Crippen LogP contribution in [0.15, 0.2) is 50.0 Å². The number of carboxylic acid groups (broad SMARTS) is 1. The van der Waals surface area contributed by atoms with Gasteiger partial charge in [-0.2, -0.15) is 11.8 Å².